The zero-order chi connectivity index (χ0) is 24.1. The summed E-state index contributed by atoms with van der Waals surface area (Å²) in [5.41, 5.74) is 12.0. The van der Waals surface area contributed by atoms with Crippen LogP contribution in [0, 0.1) is 0 Å². The lowest BCUT2D eigenvalue weighted by Crippen LogP contribution is -2.34. The van der Waals surface area contributed by atoms with Crippen molar-refractivity contribution in [1.82, 2.24) is 0 Å². The third kappa shape index (κ3) is 2.27. The van der Waals surface area contributed by atoms with Crippen LogP contribution in [-0.4, -0.2) is 0 Å². The van der Waals surface area contributed by atoms with E-state index in [2.05, 4.69) is 122 Å². The van der Waals surface area contributed by atoms with Gasteiger partial charge in [-0.25, -0.2) is 0 Å². The maximum Gasteiger partial charge on any atom is 0.133 e. The van der Waals surface area contributed by atoms with Crippen LogP contribution in [0.4, 0.5) is 11.4 Å². The summed E-state index contributed by atoms with van der Waals surface area (Å²) in [6.45, 7) is 4.62. The van der Waals surface area contributed by atoms with Gasteiger partial charge >= 0.3 is 0 Å². The Hall–Kier alpha value is -4.30. The van der Waals surface area contributed by atoms with Crippen molar-refractivity contribution in [3.63, 3.8) is 0 Å². The van der Waals surface area contributed by atoms with Gasteiger partial charge in [0.2, 0.25) is 0 Å². The maximum atomic E-state index is 6.52. The fourth-order valence-electron chi connectivity index (χ4n) is 6.93. The Morgan fingerprint density at radius 2 is 1.08 bits per heavy atom. The van der Waals surface area contributed by atoms with Gasteiger partial charge in [0, 0.05) is 34.0 Å². The SMILES string of the molecule is CC1(C)c2ccccc2Oc2cc3c(cc21)C1(c2ccccc2N3)c2ccccc2-c2ccccc21. The Balaban J connectivity index is 1.51. The highest BCUT2D eigenvalue weighted by Gasteiger charge is 2.51. The standard InChI is InChI=1S/C34H25NO/c1-33(2)26-16-8-10-18-31(26)36-32-20-30-27(19-28(32)33)34(25-15-7-9-17-29(25)35-30)23-13-5-3-11-21(23)22-12-4-6-14-24(22)34/h3-20,35H,1-2H3. The lowest BCUT2D eigenvalue weighted by Gasteiger charge is -2.43. The molecule has 2 heteroatoms. The summed E-state index contributed by atoms with van der Waals surface area (Å²) in [6, 6.07) is 39.7. The van der Waals surface area contributed by atoms with Crippen molar-refractivity contribution in [2.75, 3.05) is 5.32 Å². The molecule has 172 valence electrons. The average Bonchev–Trinajstić information content (AvgIpc) is 3.20. The quantitative estimate of drug-likeness (QED) is 0.243. The van der Waals surface area contributed by atoms with Crippen LogP contribution in [-0.2, 0) is 10.8 Å². The van der Waals surface area contributed by atoms with Gasteiger partial charge in [-0.05, 0) is 51.6 Å². The molecule has 0 unspecified atom stereocenters. The van der Waals surface area contributed by atoms with Crippen LogP contribution in [0.2, 0.25) is 0 Å². The number of ether oxygens (including phenoxy) is 1. The smallest absolute Gasteiger partial charge is 0.133 e. The number of fused-ring (bicyclic) bond motifs is 11. The molecule has 0 atom stereocenters. The Morgan fingerprint density at radius 1 is 0.500 bits per heavy atom. The molecule has 1 spiro atoms. The minimum absolute atomic E-state index is 0.186. The topological polar surface area (TPSA) is 21.3 Å². The largest absolute Gasteiger partial charge is 0.457 e. The highest BCUT2D eigenvalue weighted by atomic mass is 16.5. The third-order valence-electron chi connectivity index (χ3n) is 8.53. The zero-order valence-corrected chi connectivity index (χ0v) is 20.3. The van der Waals surface area contributed by atoms with Crippen LogP contribution in [0.1, 0.15) is 47.2 Å². The molecular formula is C34H25NO. The molecule has 1 N–H and O–H groups in total. The first-order chi connectivity index (χ1) is 17.6. The molecule has 5 aromatic rings. The van der Waals surface area contributed by atoms with Gasteiger partial charge in [0.15, 0.2) is 0 Å². The van der Waals surface area contributed by atoms with Gasteiger partial charge in [-0.1, -0.05) is 98.8 Å². The molecule has 2 aliphatic heterocycles. The van der Waals surface area contributed by atoms with Gasteiger partial charge in [-0.15, -0.1) is 0 Å². The number of hydrogen-bond acceptors (Lipinski definition) is 2. The summed E-state index contributed by atoms with van der Waals surface area (Å²) in [6.07, 6.45) is 0. The molecule has 0 bridgehead atoms. The Kier molecular flexibility index (Phi) is 3.70. The summed E-state index contributed by atoms with van der Waals surface area (Å²) in [5, 5.41) is 3.77. The summed E-state index contributed by atoms with van der Waals surface area (Å²) < 4.78 is 6.52. The molecule has 0 saturated heterocycles. The molecule has 0 saturated carbocycles. The fourth-order valence-corrected chi connectivity index (χ4v) is 6.93. The van der Waals surface area contributed by atoms with Gasteiger partial charge in [0.05, 0.1) is 5.41 Å². The molecule has 0 aromatic heterocycles. The van der Waals surface area contributed by atoms with Crippen molar-refractivity contribution in [1.29, 1.82) is 0 Å². The van der Waals surface area contributed by atoms with Gasteiger partial charge in [0.1, 0.15) is 11.5 Å². The van der Waals surface area contributed by atoms with Crippen molar-refractivity contribution in [2.45, 2.75) is 24.7 Å². The molecule has 2 heterocycles. The average molecular weight is 464 g/mol. The number of para-hydroxylation sites is 2. The highest BCUT2D eigenvalue weighted by molar-refractivity contribution is 5.93. The lowest BCUT2D eigenvalue weighted by molar-refractivity contribution is 0.417. The molecular weight excluding hydrogens is 438 g/mol. The molecule has 1 aliphatic carbocycles. The first kappa shape index (κ1) is 19.9. The summed E-state index contributed by atoms with van der Waals surface area (Å²) in [7, 11) is 0. The Morgan fingerprint density at radius 3 is 1.81 bits per heavy atom. The number of nitrogens with one attached hydrogen (secondary N) is 1. The monoisotopic (exact) mass is 463 g/mol. The van der Waals surface area contributed by atoms with E-state index in [4.69, 9.17) is 4.74 Å². The van der Waals surface area contributed by atoms with Crippen molar-refractivity contribution in [2.24, 2.45) is 0 Å². The van der Waals surface area contributed by atoms with Crippen molar-refractivity contribution < 1.29 is 4.74 Å². The number of anilines is 2. The molecule has 5 aromatic carbocycles. The Bertz CT molecular complexity index is 1680. The van der Waals surface area contributed by atoms with E-state index in [-0.39, 0.29) is 5.41 Å². The van der Waals surface area contributed by atoms with E-state index in [9.17, 15) is 0 Å². The summed E-state index contributed by atoms with van der Waals surface area (Å²) in [5.74, 6) is 1.87. The maximum absolute atomic E-state index is 6.52. The lowest BCUT2D eigenvalue weighted by atomic mass is 9.63. The minimum atomic E-state index is -0.396. The van der Waals surface area contributed by atoms with Crippen LogP contribution in [0.3, 0.4) is 0 Å². The van der Waals surface area contributed by atoms with E-state index in [1.807, 2.05) is 6.07 Å². The van der Waals surface area contributed by atoms with Crippen LogP contribution in [0.5, 0.6) is 11.5 Å². The fraction of sp³-hybridized carbons (Fsp3) is 0.118. The molecule has 2 nitrogen and oxygen atoms in total. The van der Waals surface area contributed by atoms with Crippen LogP contribution in [0.15, 0.2) is 109 Å². The van der Waals surface area contributed by atoms with Crippen LogP contribution >= 0.6 is 0 Å². The van der Waals surface area contributed by atoms with Gasteiger partial charge in [-0.2, -0.15) is 0 Å². The number of benzene rings is 5. The molecule has 3 aliphatic rings. The number of hydrogen-bond donors (Lipinski definition) is 1. The second-order valence-electron chi connectivity index (χ2n) is 10.6. The van der Waals surface area contributed by atoms with Gasteiger partial charge < -0.3 is 10.1 Å². The first-order valence-electron chi connectivity index (χ1n) is 12.6. The number of rotatable bonds is 0. The third-order valence-corrected chi connectivity index (χ3v) is 8.53. The van der Waals surface area contributed by atoms with Gasteiger partial charge in [-0.3, -0.25) is 0 Å². The zero-order valence-electron chi connectivity index (χ0n) is 20.3. The van der Waals surface area contributed by atoms with E-state index in [1.54, 1.807) is 0 Å². The first-order valence-corrected chi connectivity index (χ1v) is 12.6. The molecule has 36 heavy (non-hydrogen) atoms. The van der Waals surface area contributed by atoms with E-state index in [1.165, 1.54) is 44.5 Å². The van der Waals surface area contributed by atoms with Crippen molar-refractivity contribution in [3.05, 3.63) is 143 Å². The minimum Gasteiger partial charge on any atom is -0.457 e. The summed E-state index contributed by atoms with van der Waals surface area (Å²) >= 11 is 0. The molecule has 8 rings (SSSR count). The predicted molar refractivity (Wildman–Crippen MR) is 146 cm³/mol. The van der Waals surface area contributed by atoms with Crippen LogP contribution in [0.25, 0.3) is 11.1 Å². The van der Waals surface area contributed by atoms with E-state index < -0.39 is 5.41 Å². The molecule has 0 fully saturated rings. The summed E-state index contributed by atoms with van der Waals surface area (Å²) in [4.78, 5) is 0. The predicted octanol–water partition coefficient (Wildman–Crippen LogP) is 8.54. The molecule has 0 radical (unpaired) electrons. The second kappa shape index (κ2) is 6.67. The van der Waals surface area contributed by atoms with E-state index >= 15 is 0 Å². The van der Waals surface area contributed by atoms with E-state index in [0.29, 0.717) is 0 Å². The van der Waals surface area contributed by atoms with Crippen molar-refractivity contribution in [3.8, 4) is 22.6 Å². The second-order valence-corrected chi connectivity index (χ2v) is 10.6. The van der Waals surface area contributed by atoms with Crippen molar-refractivity contribution >= 4 is 11.4 Å². The van der Waals surface area contributed by atoms with Gasteiger partial charge in [0.25, 0.3) is 0 Å². The highest BCUT2D eigenvalue weighted by Crippen LogP contribution is 2.62. The molecule has 0 amide bonds. The Labute approximate surface area is 211 Å². The van der Waals surface area contributed by atoms with Crippen LogP contribution < -0.4 is 10.1 Å². The normalized spacial score (nSPS) is 16.4. The van der Waals surface area contributed by atoms with E-state index in [0.717, 1.165) is 22.9 Å².